The minimum Gasteiger partial charge on any atom is -0.447 e. The summed E-state index contributed by atoms with van der Waals surface area (Å²) in [6, 6.07) is 11.4. The van der Waals surface area contributed by atoms with Crippen LogP contribution in [0.2, 0.25) is 5.02 Å². The summed E-state index contributed by atoms with van der Waals surface area (Å²) in [5.74, 6) is -0.778. The molecule has 0 fully saturated rings. The van der Waals surface area contributed by atoms with Crippen molar-refractivity contribution in [1.29, 1.82) is 0 Å². The molecule has 1 aliphatic heterocycles. The lowest BCUT2D eigenvalue weighted by Gasteiger charge is -2.30. The number of carbonyl (C=O) groups excluding carboxylic acids is 1. The molecular formula is C19H14ClFN4O2S. The third-order valence-corrected chi connectivity index (χ3v) is 5.15. The highest BCUT2D eigenvalue weighted by atomic mass is 35.5. The van der Waals surface area contributed by atoms with Gasteiger partial charge in [-0.15, -0.1) is 10.2 Å². The Morgan fingerprint density at radius 2 is 2.00 bits per heavy atom. The summed E-state index contributed by atoms with van der Waals surface area (Å²) < 4.78 is 20.8. The Kier molecular flexibility index (Phi) is 4.91. The third kappa shape index (κ3) is 3.08. The number of fused-ring (bicyclic) bond motifs is 3. The van der Waals surface area contributed by atoms with Crippen LogP contribution in [0, 0.1) is 5.82 Å². The van der Waals surface area contributed by atoms with Gasteiger partial charge in [-0.3, -0.25) is 9.69 Å². The summed E-state index contributed by atoms with van der Waals surface area (Å²) in [7, 11) is 0. The molecule has 0 saturated heterocycles. The van der Waals surface area contributed by atoms with Crippen LogP contribution >= 0.6 is 23.4 Å². The summed E-state index contributed by atoms with van der Waals surface area (Å²) in [5, 5.41) is 8.84. The fourth-order valence-electron chi connectivity index (χ4n) is 3.07. The van der Waals surface area contributed by atoms with Gasteiger partial charge < -0.3 is 4.74 Å². The van der Waals surface area contributed by atoms with E-state index in [9.17, 15) is 9.18 Å². The van der Waals surface area contributed by atoms with Gasteiger partial charge in [-0.2, -0.15) is 4.98 Å². The Hall–Kier alpha value is -2.71. The Balaban J connectivity index is 2.03. The number of benzene rings is 2. The van der Waals surface area contributed by atoms with Crippen molar-refractivity contribution < 1.29 is 13.9 Å². The van der Waals surface area contributed by atoms with Crippen molar-refractivity contribution in [2.75, 3.05) is 11.2 Å². The van der Waals surface area contributed by atoms with Crippen LogP contribution in [-0.4, -0.2) is 27.3 Å². The van der Waals surface area contributed by atoms with Crippen LogP contribution in [-0.2, 0) is 4.79 Å². The molecule has 3 aromatic rings. The first-order valence-corrected chi connectivity index (χ1v) is 9.90. The number of nitrogens with zero attached hydrogens (tertiary/aromatic N) is 4. The molecule has 9 heteroatoms. The highest BCUT2D eigenvalue weighted by molar-refractivity contribution is 7.98. The number of carbonyl (C=O) groups is 1. The van der Waals surface area contributed by atoms with Gasteiger partial charge in [-0.1, -0.05) is 47.6 Å². The molecule has 1 aliphatic rings. The van der Waals surface area contributed by atoms with Crippen LogP contribution in [0.5, 0.6) is 5.88 Å². The summed E-state index contributed by atoms with van der Waals surface area (Å²) >= 11 is 7.58. The highest BCUT2D eigenvalue weighted by Crippen LogP contribution is 2.44. The minimum absolute atomic E-state index is 0.0475. The zero-order valence-electron chi connectivity index (χ0n) is 14.9. The smallest absolute Gasteiger partial charge is 0.247 e. The quantitative estimate of drug-likeness (QED) is 0.573. The zero-order valence-corrected chi connectivity index (χ0v) is 16.5. The molecule has 0 unspecified atom stereocenters. The molecule has 0 radical (unpaired) electrons. The van der Waals surface area contributed by atoms with Crippen molar-refractivity contribution in [2.24, 2.45) is 0 Å². The van der Waals surface area contributed by atoms with E-state index >= 15 is 0 Å². The third-order valence-electron chi connectivity index (χ3n) is 4.28. The van der Waals surface area contributed by atoms with Crippen molar-refractivity contribution in [1.82, 2.24) is 15.2 Å². The lowest BCUT2D eigenvalue weighted by atomic mass is 10.1. The highest BCUT2D eigenvalue weighted by Gasteiger charge is 2.36. The van der Waals surface area contributed by atoms with Crippen molar-refractivity contribution in [3.05, 3.63) is 58.9 Å². The molecular weight excluding hydrogens is 403 g/mol. The van der Waals surface area contributed by atoms with Crippen LogP contribution in [0.3, 0.4) is 0 Å². The van der Waals surface area contributed by atoms with E-state index in [1.54, 1.807) is 30.5 Å². The number of rotatable bonds is 2. The molecule has 2 heterocycles. The summed E-state index contributed by atoms with van der Waals surface area (Å²) in [5.41, 5.74) is 1.53. The predicted octanol–water partition coefficient (Wildman–Crippen LogP) is 4.50. The predicted molar refractivity (Wildman–Crippen MR) is 105 cm³/mol. The number of thioether (sulfide) groups is 1. The second-order valence-corrected chi connectivity index (χ2v) is 7.14. The minimum atomic E-state index is -1.15. The van der Waals surface area contributed by atoms with Gasteiger partial charge in [0.05, 0.1) is 16.3 Å². The fraction of sp³-hybridized carbons (Fsp3) is 0.158. The largest absolute Gasteiger partial charge is 0.447 e. The number of hydrogen-bond acceptors (Lipinski definition) is 6. The van der Waals surface area contributed by atoms with Crippen molar-refractivity contribution in [2.45, 2.75) is 18.3 Å². The normalized spacial score (nSPS) is 15.3. The van der Waals surface area contributed by atoms with E-state index in [1.165, 1.54) is 35.7 Å². The first kappa shape index (κ1) is 18.6. The zero-order chi connectivity index (χ0) is 19.8. The lowest BCUT2D eigenvalue weighted by molar-refractivity contribution is -0.118. The van der Waals surface area contributed by atoms with Crippen LogP contribution in [0.25, 0.3) is 11.3 Å². The van der Waals surface area contributed by atoms with Crippen LogP contribution in [0.4, 0.5) is 10.1 Å². The molecule has 1 aromatic heterocycles. The Morgan fingerprint density at radius 1 is 1.21 bits per heavy atom. The molecule has 6 nitrogen and oxygen atoms in total. The molecule has 1 atom stereocenters. The van der Waals surface area contributed by atoms with E-state index in [0.29, 0.717) is 22.1 Å². The Labute approximate surface area is 169 Å². The van der Waals surface area contributed by atoms with Gasteiger partial charge in [-0.25, -0.2) is 4.39 Å². The van der Waals surface area contributed by atoms with Crippen LogP contribution in [0.1, 0.15) is 18.7 Å². The molecule has 0 bridgehead atoms. The number of aromatic nitrogens is 3. The molecule has 0 saturated carbocycles. The standard InChI is InChI=1S/C19H14ClFN4O2S/c1-10(26)25-14-9-4-3-6-11(14)16-17(22-19(28-2)24-23-16)27-18(25)15-12(20)7-5-8-13(15)21/h3-9,18H,1-2H3/t18-/m1/s1. The molecule has 4 rings (SSSR count). The maximum atomic E-state index is 14.7. The van der Waals surface area contributed by atoms with E-state index in [0.717, 1.165) is 0 Å². The molecule has 142 valence electrons. The second kappa shape index (κ2) is 7.37. The Morgan fingerprint density at radius 3 is 2.71 bits per heavy atom. The van der Waals surface area contributed by atoms with E-state index in [-0.39, 0.29) is 22.4 Å². The maximum absolute atomic E-state index is 14.7. The Bertz CT molecular complexity index is 1060. The molecule has 1 amide bonds. The number of para-hydroxylation sites is 1. The average Bonchev–Trinajstić information content (AvgIpc) is 2.81. The lowest BCUT2D eigenvalue weighted by Crippen LogP contribution is -2.36. The van der Waals surface area contributed by atoms with Gasteiger partial charge in [0, 0.05) is 12.5 Å². The number of hydrogen-bond donors (Lipinski definition) is 0. The fourth-order valence-corrected chi connectivity index (χ4v) is 3.63. The van der Waals surface area contributed by atoms with Gasteiger partial charge in [0.25, 0.3) is 0 Å². The number of anilines is 1. The first-order chi connectivity index (χ1) is 13.5. The molecule has 28 heavy (non-hydrogen) atoms. The molecule has 0 N–H and O–H groups in total. The SMILES string of the molecule is CSc1nnc2c(n1)O[C@H](c1c(F)cccc1Cl)N(C(C)=O)c1ccccc1-2. The van der Waals surface area contributed by atoms with Gasteiger partial charge in [0.1, 0.15) is 5.82 Å². The van der Waals surface area contributed by atoms with Gasteiger partial charge in [-0.05, 0) is 24.5 Å². The topological polar surface area (TPSA) is 68.2 Å². The van der Waals surface area contributed by atoms with E-state index in [1.807, 2.05) is 6.07 Å². The first-order valence-electron chi connectivity index (χ1n) is 8.29. The monoisotopic (exact) mass is 416 g/mol. The second-order valence-electron chi connectivity index (χ2n) is 5.96. The average molecular weight is 417 g/mol. The van der Waals surface area contributed by atoms with Crippen LogP contribution in [0.15, 0.2) is 47.6 Å². The number of amides is 1. The molecule has 0 spiro atoms. The maximum Gasteiger partial charge on any atom is 0.247 e. The van der Waals surface area contributed by atoms with Gasteiger partial charge in [0.15, 0.2) is 5.69 Å². The molecule has 2 aromatic carbocycles. The molecule has 0 aliphatic carbocycles. The van der Waals surface area contributed by atoms with Crippen molar-refractivity contribution >= 4 is 35.0 Å². The van der Waals surface area contributed by atoms with Gasteiger partial charge >= 0.3 is 0 Å². The van der Waals surface area contributed by atoms with E-state index in [2.05, 4.69) is 15.2 Å². The van der Waals surface area contributed by atoms with Gasteiger partial charge in [0.2, 0.25) is 23.2 Å². The van der Waals surface area contributed by atoms with Crippen LogP contribution < -0.4 is 9.64 Å². The van der Waals surface area contributed by atoms with Crippen molar-refractivity contribution in [3.63, 3.8) is 0 Å². The summed E-state index contributed by atoms with van der Waals surface area (Å²) in [4.78, 5) is 18.3. The van der Waals surface area contributed by atoms with E-state index in [4.69, 9.17) is 16.3 Å². The summed E-state index contributed by atoms with van der Waals surface area (Å²) in [6.45, 7) is 1.38. The number of halogens is 2. The van der Waals surface area contributed by atoms with E-state index < -0.39 is 12.0 Å². The van der Waals surface area contributed by atoms with Crippen molar-refractivity contribution in [3.8, 4) is 17.1 Å². The summed E-state index contributed by atoms with van der Waals surface area (Å²) in [6.07, 6.45) is 0.654. The number of ether oxygens (including phenoxy) is 1.